The summed E-state index contributed by atoms with van der Waals surface area (Å²) in [5, 5.41) is 10.2. The largest absolute Gasteiger partial charge is 0.495 e. The Labute approximate surface area is 96.8 Å². The van der Waals surface area contributed by atoms with Crippen molar-refractivity contribution in [2.24, 2.45) is 0 Å². The SMILES string of the molecule is COc1ccc(Cl)c2c(C)c(C(=O)O)[nH]c12. The summed E-state index contributed by atoms with van der Waals surface area (Å²) >= 11 is 6.04. The van der Waals surface area contributed by atoms with Crippen LogP contribution in [0.3, 0.4) is 0 Å². The molecule has 4 nitrogen and oxygen atoms in total. The predicted octanol–water partition coefficient (Wildman–Crippen LogP) is 2.84. The molecule has 0 aliphatic heterocycles. The fourth-order valence-electron chi connectivity index (χ4n) is 1.78. The number of hydrogen-bond donors (Lipinski definition) is 2. The minimum absolute atomic E-state index is 0.140. The standard InChI is InChI=1S/C11H10ClNO3/c1-5-8-6(12)3-4-7(16-2)10(8)13-9(5)11(14)15/h3-4,13H,1-2H3,(H,14,15). The zero-order chi connectivity index (χ0) is 11.9. The molecule has 0 saturated heterocycles. The first kappa shape index (κ1) is 10.8. The van der Waals surface area contributed by atoms with Gasteiger partial charge < -0.3 is 14.8 Å². The zero-order valence-corrected chi connectivity index (χ0v) is 9.55. The molecule has 0 spiro atoms. The van der Waals surface area contributed by atoms with Gasteiger partial charge in [0.1, 0.15) is 11.4 Å². The second-order valence-electron chi connectivity index (χ2n) is 3.43. The summed E-state index contributed by atoms with van der Waals surface area (Å²) in [4.78, 5) is 13.8. The molecule has 84 valence electrons. The number of carboxylic acids is 1. The molecule has 5 heteroatoms. The Bertz CT molecular complexity index is 574. The van der Waals surface area contributed by atoms with Crippen LogP contribution in [0.5, 0.6) is 5.75 Å². The van der Waals surface area contributed by atoms with E-state index in [1.807, 2.05) is 0 Å². The van der Waals surface area contributed by atoms with Crippen molar-refractivity contribution < 1.29 is 14.6 Å². The highest BCUT2D eigenvalue weighted by atomic mass is 35.5. The Morgan fingerprint density at radius 3 is 2.75 bits per heavy atom. The van der Waals surface area contributed by atoms with Crippen molar-refractivity contribution in [1.82, 2.24) is 4.98 Å². The maximum atomic E-state index is 11.0. The second kappa shape index (κ2) is 3.72. The summed E-state index contributed by atoms with van der Waals surface area (Å²) in [7, 11) is 1.53. The van der Waals surface area contributed by atoms with Crippen molar-refractivity contribution in [3.63, 3.8) is 0 Å². The number of rotatable bonds is 2. The first-order valence-corrected chi connectivity index (χ1v) is 5.02. The van der Waals surface area contributed by atoms with Gasteiger partial charge in [0, 0.05) is 5.39 Å². The zero-order valence-electron chi connectivity index (χ0n) is 8.80. The topological polar surface area (TPSA) is 62.3 Å². The van der Waals surface area contributed by atoms with Gasteiger partial charge in [-0.1, -0.05) is 11.6 Å². The number of ether oxygens (including phenoxy) is 1. The molecule has 2 rings (SSSR count). The molecule has 0 aliphatic rings. The number of aromatic carboxylic acids is 1. The summed E-state index contributed by atoms with van der Waals surface area (Å²) < 4.78 is 5.15. The number of fused-ring (bicyclic) bond motifs is 1. The molecule has 0 unspecified atom stereocenters. The van der Waals surface area contributed by atoms with E-state index in [-0.39, 0.29) is 5.69 Å². The van der Waals surface area contributed by atoms with Crippen LogP contribution in [0.25, 0.3) is 10.9 Å². The number of carboxylic acid groups (broad SMARTS) is 1. The Hall–Kier alpha value is -1.68. The minimum Gasteiger partial charge on any atom is -0.495 e. The van der Waals surface area contributed by atoms with Gasteiger partial charge in [0.15, 0.2) is 0 Å². The van der Waals surface area contributed by atoms with Gasteiger partial charge in [0.25, 0.3) is 0 Å². The van der Waals surface area contributed by atoms with Gasteiger partial charge in [-0.3, -0.25) is 0 Å². The van der Waals surface area contributed by atoms with Gasteiger partial charge in [0.2, 0.25) is 0 Å². The summed E-state index contributed by atoms with van der Waals surface area (Å²) in [6, 6.07) is 3.39. The van der Waals surface area contributed by atoms with E-state index in [1.165, 1.54) is 7.11 Å². The average molecular weight is 240 g/mol. The Morgan fingerprint density at radius 2 is 2.19 bits per heavy atom. The van der Waals surface area contributed by atoms with E-state index in [1.54, 1.807) is 19.1 Å². The fraction of sp³-hybridized carbons (Fsp3) is 0.182. The number of aromatic nitrogens is 1. The van der Waals surface area contributed by atoms with Crippen LogP contribution in [0, 0.1) is 6.92 Å². The van der Waals surface area contributed by atoms with Crippen molar-refractivity contribution in [1.29, 1.82) is 0 Å². The number of nitrogens with one attached hydrogen (secondary N) is 1. The summed E-state index contributed by atoms with van der Waals surface area (Å²) in [6.07, 6.45) is 0. The molecule has 1 heterocycles. The van der Waals surface area contributed by atoms with Crippen LogP contribution in [0.4, 0.5) is 0 Å². The maximum Gasteiger partial charge on any atom is 0.352 e. The number of methoxy groups -OCH3 is 1. The van der Waals surface area contributed by atoms with Crippen molar-refractivity contribution in [3.8, 4) is 5.75 Å². The monoisotopic (exact) mass is 239 g/mol. The molecule has 0 aliphatic carbocycles. The Balaban J connectivity index is 2.89. The van der Waals surface area contributed by atoms with Gasteiger partial charge in [-0.25, -0.2) is 4.79 Å². The number of benzene rings is 1. The lowest BCUT2D eigenvalue weighted by molar-refractivity contribution is 0.0691. The molecular formula is C11H10ClNO3. The van der Waals surface area contributed by atoms with Crippen LogP contribution < -0.4 is 4.74 Å². The lowest BCUT2D eigenvalue weighted by atomic mass is 10.1. The quantitative estimate of drug-likeness (QED) is 0.847. The smallest absolute Gasteiger partial charge is 0.352 e. The van der Waals surface area contributed by atoms with Gasteiger partial charge in [-0.05, 0) is 24.6 Å². The first-order chi connectivity index (χ1) is 7.56. The Kier molecular flexibility index (Phi) is 2.52. The lowest BCUT2D eigenvalue weighted by Gasteiger charge is -2.02. The summed E-state index contributed by atoms with van der Waals surface area (Å²) in [6.45, 7) is 1.72. The van der Waals surface area contributed by atoms with Crippen molar-refractivity contribution in [2.45, 2.75) is 6.92 Å². The van der Waals surface area contributed by atoms with E-state index >= 15 is 0 Å². The Morgan fingerprint density at radius 1 is 1.50 bits per heavy atom. The first-order valence-electron chi connectivity index (χ1n) is 4.64. The summed E-state index contributed by atoms with van der Waals surface area (Å²) in [5.41, 5.74) is 1.37. The van der Waals surface area contributed by atoms with E-state index < -0.39 is 5.97 Å². The molecular weight excluding hydrogens is 230 g/mol. The third-order valence-corrected chi connectivity index (χ3v) is 2.87. The number of aryl methyl sites for hydroxylation is 1. The van der Waals surface area contributed by atoms with Gasteiger partial charge in [0.05, 0.1) is 17.6 Å². The second-order valence-corrected chi connectivity index (χ2v) is 3.84. The summed E-state index contributed by atoms with van der Waals surface area (Å²) in [5.74, 6) is -0.429. The van der Waals surface area contributed by atoms with Gasteiger partial charge in [-0.15, -0.1) is 0 Å². The van der Waals surface area contributed by atoms with Crippen molar-refractivity contribution >= 4 is 28.5 Å². The molecule has 0 saturated carbocycles. The van der Waals surface area contributed by atoms with E-state index in [2.05, 4.69) is 4.98 Å². The highest BCUT2D eigenvalue weighted by molar-refractivity contribution is 6.36. The van der Waals surface area contributed by atoms with Crippen LogP contribution in [-0.4, -0.2) is 23.2 Å². The van der Waals surface area contributed by atoms with Crippen LogP contribution in [0.2, 0.25) is 5.02 Å². The normalized spacial score (nSPS) is 10.7. The highest BCUT2D eigenvalue weighted by Gasteiger charge is 2.18. The molecule has 2 N–H and O–H groups in total. The van der Waals surface area contributed by atoms with Crippen LogP contribution in [0.15, 0.2) is 12.1 Å². The highest BCUT2D eigenvalue weighted by Crippen LogP contribution is 2.34. The van der Waals surface area contributed by atoms with Crippen LogP contribution in [-0.2, 0) is 0 Å². The molecule has 0 amide bonds. The van der Waals surface area contributed by atoms with Crippen molar-refractivity contribution in [2.75, 3.05) is 7.11 Å². The van der Waals surface area contributed by atoms with E-state index in [0.29, 0.717) is 27.2 Å². The van der Waals surface area contributed by atoms with Gasteiger partial charge in [-0.2, -0.15) is 0 Å². The molecule has 0 bridgehead atoms. The van der Waals surface area contributed by atoms with Crippen molar-refractivity contribution in [3.05, 3.63) is 28.4 Å². The number of carbonyl (C=O) groups is 1. The minimum atomic E-state index is -1.01. The predicted molar refractivity (Wildman–Crippen MR) is 61.6 cm³/mol. The maximum absolute atomic E-state index is 11.0. The molecule has 1 aromatic heterocycles. The van der Waals surface area contributed by atoms with Crippen LogP contribution in [0.1, 0.15) is 16.1 Å². The third-order valence-electron chi connectivity index (χ3n) is 2.55. The molecule has 16 heavy (non-hydrogen) atoms. The molecule has 1 aromatic carbocycles. The number of hydrogen-bond acceptors (Lipinski definition) is 2. The molecule has 2 aromatic rings. The number of H-pyrrole nitrogens is 1. The lowest BCUT2D eigenvalue weighted by Crippen LogP contribution is -1.98. The van der Waals surface area contributed by atoms with E-state index in [9.17, 15) is 4.79 Å². The molecule has 0 atom stereocenters. The third kappa shape index (κ3) is 1.42. The number of halogens is 1. The van der Waals surface area contributed by atoms with E-state index in [0.717, 1.165) is 0 Å². The van der Waals surface area contributed by atoms with E-state index in [4.69, 9.17) is 21.4 Å². The average Bonchev–Trinajstić information content (AvgIpc) is 2.58. The fourth-order valence-corrected chi connectivity index (χ4v) is 2.08. The molecule has 0 fully saturated rings. The molecule has 0 radical (unpaired) electrons. The van der Waals surface area contributed by atoms with Gasteiger partial charge >= 0.3 is 5.97 Å². The number of aromatic amines is 1. The van der Waals surface area contributed by atoms with Crippen LogP contribution >= 0.6 is 11.6 Å².